The number of nitrogens with one attached hydrogen (secondary N) is 2. The van der Waals surface area contributed by atoms with Crippen molar-refractivity contribution in [3.05, 3.63) is 70.5 Å². The molecular weight excluding hydrogens is 529 g/mol. The molecule has 1 fully saturated rings. The Morgan fingerprint density at radius 2 is 1.52 bits per heavy atom. The number of benzene rings is 2. The van der Waals surface area contributed by atoms with Crippen LogP contribution in [-0.2, 0) is 16.1 Å². The minimum Gasteiger partial charge on any atom is -0.481 e. The molecule has 1 aliphatic rings. The molecule has 0 aliphatic carbocycles. The van der Waals surface area contributed by atoms with Crippen molar-refractivity contribution in [1.29, 1.82) is 0 Å². The maximum absolute atomic E-state index is 12.7. The second kappa shape index (κ2) is 11.9. The number of fused-ring (bicyclic) bond motifs is 2. The van der Waals surface area contributed by atoms with Crippen molar-refractivity contribution in [2.24, 2.45) is 5.92 Å². The smallest absolute Gasteiger partial charge is 0.481 e. The Hall–Kier alpha value is -4.16. The minimum absolute atomic E-state index is 0.101. The topological polar surface area (TPSA) is 130 Å². The summed E-state index contributed by atoms with van der Waals surface area (Å²) in [7, 11) is 0. The quantitative estimate of drug-likeness (QED) is 0.280. The average molecular weight is 559 g/mol. The number of hydrogen-bond acceptors (Lipinski definition) is 5. The Bertz CT molecular complexity index is 1570. The van der Waals surface area contributed by atoms with Crippen LogP contribution in [0.15, 0.2) is 59.4 Å². The molecule has 3 heterocycles. The first-order chi connectivity index (χ1) is 18.9. The SMILES string of the molecule is CC(CN1CCN(Cc2ccc3[nH]c(-c4cc5ccccc5[nH]c4=O)cc3c2)CC1)C(=O)O.O=C(O)C(F)(F)F. The number of aromatic amines is 2. The van der Waals surface area contributed by atoms with Gasteiger partial charge in [0, 0.05) is 55.7 Å². The van der Waals surface area contributed by atoms with E-state index in [2.05, 4.69) is 38.0 Å². The standard InChI is InChI=1S/C26H28N4O3.C2HF3O2/c1-17(26(32)33)15-29-8-10-30(11-9-29)16-18-6-7-23-20(12-18)14-24(27-23)21-13-19-4-2-3-5-22(19)28-25(21)31;3-2(4,5)1(6)7/h2-7,12-14,17,27H,8-11,15-16H2,1H3,(H,28,31)(H,32,33);(H,6,7). The van der Waals surface area contributed by atoms with Gasteiger partial charge in [-0.25, -0.2) is 4.79 Å². The monoisotopic (exact) mass is 558 g/mol. The zero-order valence-corrected chi connectivity index (χ0v) is 21.7. The van der Waals surface area contributed by atoms with Gasteiger partial charge in [-0.15, -0.1) is 0 Å². The predicted octanol–water partition coefficient (Wildman–Crippen LogP) is 4.15. The van der Waals surface area contributed by atoms with Gasteiger partial charge in [-0.3, -0.25) is 19.4 Å². The number of carboxylic acids is 2. The molecule has 4 N–H and O–H groups in total. The van der Waals surface area contributed by atoms with E-state index >= 15 is 0 Å². The van der Waals surface area contributed by atoms with E-state index in [1.165, 1.54) is 5.56 Å². The van der Waals surface area contributed by atoms with Crippen molar-refractivity contribution in [3.8, 4) is 11.3 Å². The van der Waals surface area contributed by atoms with Gasteiger partial charge >= 0.3 is 18.1 Å². The predicted molar refractivity (Wildman–Crippen MR) is 144 cm³/mol. The summed E-state index contributed by atoms with van der Waals surface area (Å²) in [5.74, 6) is -3.83. The lowest BCUT2D eigenvalue weighted by Gasteiger charge is -2.35. The van der Waals surface area contributed by atoms with E-state index < -0.39 is 18.1 Å². The van der Waals surface area contributed by atoms with Crippen molar-refractivity contribution in [2.75, 3.05) is 32.7 Å². The number of rotatable bonds is 6. The van der Waals surface area contributed by atoms with Gasteiger partial charge in [-0.1, -0.05) is 31.2 Å². The van der Waals surface area contributed by atoms with Crippen LogP contribution >= 0.6 is 0 Å². The number of H-pyrrole nitrogens is 2. The van der Waals surface area contributed by atoms with Gasteiger partial charge in [0.25, 0.3) is 5.56 Å². The zero-order valence-electron chi connectivity index (χ0n) is 21.7. The van der Waals surface area contributed by atoms with Crippen LogP contribution in [0.4, 0.5) is 13.2 Å². The molecule has 40 heavy (non-hydrogen) atoms. The van der Waals surface area contributed by atoms with E-state index in [0.29, 0.717) is 12.1 Å². The van der Waals surface area contributed by atoms with E-state index in [0.717, 1.165) is 60.2 Å². The number of aromatic nitrogens is 2. The highest BCUT2D eigenvalue weighted by atomic mass is 19.4. The molecule has 2 aromatic heterocycles. The number of hydrogen-bond donors (Lipinski definition) is 4. The minimum atomic E-state index is -5.08. The van der Waals surface area contributed by atoms with Crippen LogP contribution < -0.4 is 5.56 Å². The van der Waals surface area contributed by atoms with Gasteiger partial charge in [0.15, 0.2) is 0 Å². The first-order valence-corrected chi connectivity index (χ1v) is 12.6. The fraction of sp³-hybridized carbons (Fsp3) is 0.321. The zero-order chi connectivity index (χ0) is 29.0. The second-order valence-electron chi connectivity index (χ2n) is 9.82. The Kier molecular flexibility index (Phi) is 8.60. The van der Waals surface area contributed by atoms with Crippen LogP contribution in [0, 0.1) is 5.92 Å². The summed E-state index contributed by atoms with van der Waals surface area (Å²) in [4.78, 5) is 43.6. The summed E-state index contributed by atoms with van der Waals surface area (Å²) in [5, 5.41) is 18.3. The second-order valence-corrected chi connectivity index (χ2v) is 9.82. The molecule has 0 amide bonds. The van der Waals surface area contributed by atoms with Gasteiger partial charge < -0.3 is 20.2 Å². The molecule has 1 aliphatic heterocycles. The fourth-order valence-corrected chi connectivity index (χ4v) is 4.63. The molecule has 212 valence electrons. The van der Waals surface area contributed by atoms with Gasteiger partial charge in [0.05, 0.1) is 17.2 Å². The van der Waals surface area contributed by atoms with Crippen LogP contribution in [0.25, 0.3) is 33.1 Å². The molecule has 2 aromatic carbocycles. The van der Waals surface area contributed by atoms with Crippen LogP contribution in [0.1, 0.15) is 12.5 Å². The Balaban J connectivity index is 0.000000470. The molecule has 0 spiro atoms. The normalized spacial score (nSPS) is 15.5. The summed E-state index contributed by atoms with van der Waals surface area (Å²) in [6.45, 7) is 6.85. The number of alkyl halides is 3. The van der Waals surface area contributed by atoms with Crippen molar-refractivity contribution < 1.29 is 33.0 Å². The Morgan fingerprint density at radius 1 is 0.900 bits per heavy atom. The summed E-state index contributed by atoms with van der Waals surface area (Å²) in [6.07, 6.45) is -5.08. The van der Waals surface area contributed by atoms with Gasteiger partial charge in [0.2, 0.25) is 0 Å². The van der Waals surface area contributed by atoms with Gasteiger partial charge in [-0.05, 0) is 41.3 Å². The van der Waals surface area contributed by atoms with E-state index in [4.69, 9.17) is 15.0 Å². The third-order valence-corrected chi connectivity index (χ3v) is 6.80. The van der Waals surface area contributed by atoms with E-state index in [9.17, 15) is 22.8 Å². The van der Waals surface area contributed by atoms with Crippen LogP contribution in [0.2, 0.25) is 0 Å². The molecule has 1 saturated heterocycles. The van der Waals surface area contributed by atoms with Crippen molar-refractivity contribution >= 4 is 33.7 Å². The third kappa shape index (κ3) is 7.07. The number of nitrogens with zero attached hydrogens (tertiary/aromatic N) is 2. The summed E-state index contributed by atoms with van der Waals surface area (Å²) in [5.41, 5.74) is 4.42. The Morgan fingerprint density at radius 3 is 2.17 bits per heavy atom. The molecule has 12 heteroatoms. The highest BCUT2D eigenvalue weighted by Gasteiger charge is 2.38. The molecule has 1 unspecified atom stereocenters. The largest absolute Gasteiger partial charge is 0.490 e. The molecule has 5 rings (SSSR count). The van der Waals surface area contributed by atoms with E-state index in [-0.39, 0.29) is 11.5 Å². The molecule has 0 bridgehead atoms. The summed E-state index contributed by atoms with van der Waals surface area (Å²) in [6, 6.07) is 18.2. The van der Waals surface area contributed by atoms with Crippen molar-refractivity contribution in [3.63, 3.8) is 0 Å². The maximum Gasteiger partial charge on any atom is 0.490 e. The lowest BCUT2D eigenvalue weighted by atomic mass is 10.1. The number of aliphatic carboxylic acids is 2. The molecule has 9 nitrogen and oxygen atoms in total. The van der Waals surface area contributed by atoms with Crippen molar-refractivity contribution in [1.82, 2.24) is 19.8 Å². The molecular formula is C28H29F3N4O5. The number of carboxylic acid groups (broad SMARTS) is 2. The van der Waals surface area contributed by atoms with Crippen LogP contribution in [0.3, 0.4) is 0 Å². The number of piperazine rings is 1. The first kappa shape index (κ1) is 28.8. The lowest BCUT2D eigenvalue weighted by molar-refractivity contribution is -0.192. The first-order valence-electron chi connectivity index (χ1n) is 12.6. The van der Waals surface area contributed by atoms with E-state index in [1.807, 2.05) is 36.4 Å². The third-order valence-electron chi connectivity index (χ3n) is 6.80. The molecule has 4 aromatic rings. The lowest BCUT2D eigenvalue weighted by Crippen LogP contribution is -2.47. The van der Waals surface area contributed by atoms with Gasteiger partial charge in [-0.2, -0.15) is 13.2 Å². The van der Waals surface area contributed by atoms with Crippen LogP contribution in [-0.4, -0.2) is 80.8 Å². The molecule has 0 saturated carbocycles. The number of carbonyl (C=O) groups is 2. The average Bonchev–Trinajstić information content (AvgIpc) is 3.32. The number of pyridine rings is 1. The van der Waals surface area contributed by atoms with Gasteiger partial charge in [0.1, 0.15) is 0 Å². The molecule has 0 radical (unpaired) electrons. The highest BCUT2D eigenvalue weighted by Crippen LogP contribution is 2.25. The molecule has 1 atom stereocenters. The fourth-order valence-electron chi connectivity index (χ4n) is 4.63. The summed E-state index contributed by atoms with van der Waals surface area (Å²) >= 11 is 0. The van der Waals surface area contributed by atoms with Crippen molar-refractivity contribution in [2.45, 2.75) is 19.6 Å². The Labute approximate surface area is 226 Å². The summed E-state index contributed by atoms with van der Waals surface area (Å²) < 4.78 is 31.7. The highest BCUT2D eigenvalue weighted by molar-refractivity contribution is 5.89. The number of para-hydroxylation sites is 1. The number of halogens is 3. The van der Waals surface area contributed by atoms with Crippen LogP contribution in [0.5, 0.6) is 0 Å². The van der Waals surface area contributed by atoms with E-state index in [1.54, 1.807) is 6.92 Å². The maximum atomic E-state index is 12.7.